The minimum Gasteiger partial charge on any atom is -0.618 e. The Balaban J connectivity index is 1.99. The molecule has 0 aliphatic rings. The van der Waals surface area contributed by atoms with E-state index < -0.39 is 5.25 Å². The highest BCUT2D eigenvalue weighted by Gasteiger charge is 2.18. The summed E-state index contributed by atoms with van der Waals surface area (Å²) in [5.74, 6) is 0.198. The van der Waals surface area contributed by atoms with Crippen LogP contribution in [0.25, 0.3) is 0 Å². The molecule has 0 bridgehead atoms. The zero-order chi connectivity index (χ0) is 14.5. The molecular formula is C13H12ClN3O2S. The van der Waals surface area contributed by atoms with Crippen molar-refractivity contribution in [2.45, 2.75) is 17.2 Å². The minimum absolute atomic E-state index is 0.228. The zero-order valence-electron chi connectivity index (χ0n) is 10.6. The Kier molecular flexibility index (Phi) is 4.81. The number of carbonyl (C=O) groups excluding carboxylic acids is 1. The number of rotatable bonds is 4. The van der Waals surface area contributed by atoms with E-state index in [2.05, 4.69) is 10.3 Å². The summed E-state index contributed by atoms with van der Waals surface area (Å²) in [6, 6.07) is 8.32. The first kappa shape index (κ1) is 14.6. The molecular weight excluding hydrogens is 298 g/mol. The van der Waals surface area contributed by atoms with Crippen molar-refractivity contribution < 1.29 is 9.52 Å². The zero-order valence-corrected chi connectivity index (χ0v) is 12.2. The van der Waals surface area contributed by atoms with Crippen molar-refractivity contribution in [2.75, 3.05) is 5.32 Å². The predicted molar refractivity (Wildman–Crippen MR) is 78.6 cm³/mol. The van der Waals surface area contributed by atoms with Crippen LogP contribution in [0.5, 0.6) is 0 Å². The number of amides is 1. The highest BCUT2D eigenvalue weighted by Crippen LogP contribution is 2.20. The molecule has 20 heavy (non-hydrogen) atoms. The van der Waals surface area contributed by atoms with E-state index in [9.17, 15) is 10.0 Å². The van der Waals surface area contributed by atoms with Crippen LogP contribution in [0.1, 0.15) is 6.92 Å². The van der Waals surface area contributed by atoms with E-state index in [1.807, 2.05) is 0 Å². The van der Waals surface area contributed by atoms with Crippen LogP contribution in [0.15, 0.2) is 47.8 Å². The maximum absolute atomic E-state index is 12.0. The number of pyridine rings is 2. The lowest BCUT2D eigenvalue weighted by Crippen LogP contribution is -2.30. The fraction of sp³-hybridized carbons (Fsp3) is 0.154. The molecule has 0 aliphatic carbocycles. The molecule has 0 saturated carbocycles. The SMILES string of the molecule is C[C@H](Sc1cccc[n+]1[O-])C(=O)Nc1ccc(Cl)cn1. The third-order valence-electron chi connectivity index (χ3n) is 2.43. The van der Waals surface area contributed by atoms with Gasteiger partial charge in [0.25, 0.3) is 5.03 Å². The fourth-order valence-corrected chi connectivity index (χ4v) is 2.38. The van der Waals surface area contributed by atoms with Crippen LogP contribution in [0, 0.1) is 5.21 Å². The standard InChI is InChI=1S/C13H12ClN3O2S/c1-9(20-12-4-2-3-7-17(12)19)13(18)16-11-6-5-10(14)8-15-11/h2-9H,1H3,(H,15,16,18)/t9-/m0/s1. The van der Waals surface area contributed by atoms with Gasteiger partial charge in [-0.2, -0.15) is 4.73 Å². The van der Waals surface area contributed by atoms with Gasteiger partial charge in [0.05, 0.1) is 10.3 Å². The predicted octanol–water partition coefficient (Wildman–Crippen LogP) is 2.49. The van der Waals surface area contributed by atoms with Crippen LogP contribution in [0.2, 0.25) is 5.02 Å². The highest BCUT2D eigenvalue weighted by atomic mass is 35.5. The van der Waals surface area contributed by atoms with Crippen LogP contribution in [-0.2, 0) is 4.79 Å². The van der Waals surface area contributed by atoms with Crippen LogP contribution in [-0.4, -0.2) is 16.1 Å². The molecule has 0 aliphatic heterocycles. The topological polar surface area (TPSA) is 68.9 Å². The summed E-state index contributed by atoms with van der Waals surface area (Å²) in [5.41, 5.74) is 0. The number of nitrogens with zero attached hydrogens (tertiary/aromatic N) is 2. The summed E-state index contributed by atoms with van der Waals surface area (Å²) in [7, 11) is 0. The van der Waals surface area contributed by atoms with Crippen molar-refractivity contribution in [3.63, 3.8) is 0 Å². The lowest BCUT2D eigenvalue weighted by atomic mass is 10.4. The second kappa shape index (κ2) is 6.58. The Morgan fingerprint density at radius 1 is 1.45 bits per heavy atom. The van der Waals surface area contributed by atoms with Crippen molar-refractivity contribution in [3.8, 4) is 0 Å². The molecule has 2 heterocycles. The van der Waals surface area contributed by atoms with Crippen molar-refractivity contribution in [1.29, 1.82) is 0 Å². The Morgan fingerprint density at radius 3 is 2.90 bits per heavy atom. The monoisotopic (exact) mass is 309 g/mol. The normalized spacial score (nSPS) is 11.9. The largest absolute Gasteiger partial charge is 0.618 e. The first-order chi connectivity index (χ1) is 9.56. The number of carbonyl (C=O) groups is 1. The van der Waals surface area contributed by atoms with Crippen molar-refractivity contribution in [3.05, 3.63) is 53.0 Å². The molecule has 1 atom stereocenters. The number of nitrogens with one attached hydrogen (secondary N) is 1. The smallest absolute Gasteiger partial charge is 0.252 e. The van der Waals surface area contributed by atoms with Crippen LogP contribution in [0.3, 0.4) is 0 Å². The second-order valence-electron chi connectivity index (χ2n) is 3.98. The summed E-state index contributed by atoms with van der Waals surface area (Å²) in [4.78, 5) is 16.0. The van der Waals surface area contributed by atoms with Gasteiger partial charge in [-0.25, -0.2) is 4.98 Å². The number of halogens is 1. The van der Waals surface area contributed by atoms with E-state index in [0.29, 0.717) is 15.9 Å². The fourth-order valence-electron chi connectivity index (χ4n) is 1.42. The summed E-state index contributed by atoms with van der Waals surface area (Å²) in [5, 5.41) is 14.7. The number of anilines is 1. The lowest BCUT2D eigenvalue weighted by Gasteiger charge is -2.11. The van der Waals surface area contributed by atoms with Gasteiger partial charge in [0.1, 0.15) is 5.82 Å². The van der Waals surface area contributed by atoms with Crippen molar-refractivity contribution >= 4 is 35.1 Å². The molecule has 1 amide bonds. The molecule has 0 unspecified atom stereocenters. The number of thioether (sulfide) groups is 1. The Hall–Kier alpha value is -1.79. The molecule has 0 radical (unpaired) electrons. The summed E-state index contributed by atoms with van der Waals surface area (Å²) < 4.78 is 0.731. The first-order valence-corrected chi connectivity index (χ1v) is 7.09. The van der Waals surface area contributed by atoms with Crippen LogP contribution >= 0.6 is 23.4 Å². The minimum atomic E-state index is -0.421. The Labute approximate surface area is 125 Å². The van der Waals surface area contributed by atoms with Gasteiger partial charge in [-0.15, -0.1) is 0 Å². The van der Waals surface area contributed by atoms with E-state index in [-0.39, 0.29) is 5.91 Å². The molecule has 2 aromatic rings. The Bertz CT molecular complexity index is 607. The highest BCUT2D eigenvalue weighted by molar-refractivity contribution is 8.00. The van der Waals surface area contributed by atoms with Crippen molar-refractivity contribution in [2.24, 2.45) is 0 Å². The second-order valence-corrected chi connectivity index (χ2v) is 5.77. The quantitative estimate of drug-likeness (QED) is 0.535. The molecule has 104 valence electrons. The number of hydrogen-bond acceptors (Lipinski definition) is 4. The molecule has 5 nitrogen and oxygen atoms in total. The molecule has 1 N–H and O–H groups in total. The molecule has 0 spiro atoms. The third kappa shape index (κ3) is 3.85. The van der Waals surface area contributed by atoms with Gasteiger partial charge in [-0.1, -0.05) is 11.6 Å². The average molecular weight is 310 g/mol. The van der Waals surface area contributed by atoms with Gasteiger partial charge < -0.3 is 10.5 Å². The lowest BCUT2D eigenvalue weighted by molar-refractivity contribution is -0.645. The van der Waals surface area contributed by atoms with Gasteiger partial charge in [-0.3, -0.25) is 4.79 Å². The van der Waals surface area contributed by atoms with Crippen LogP contribution < -0.4 is 10.0 Å². The molecule has 0 aromatic carbocycles. The number of aromatic nitrogens is 2. The van der Waals surface area contributed by atoms with E-state index >= 15 is 0 Å². The van der Waals surface area contributed by atoms with E-state index in [0.717, 1.165) is 4.73 Å². The van der Waals surface area contributed by atoms with Gasteiger partial charge in [0.2, 0.25) is 5.91 Å². The van der Waals surface area contributed by atoms with Gasteiger partial charge in [0.15, 0.2) is 6.20 Å². The maximum atomic E-state index is 12.0. The van der Waals surface area contributed by atoms with Crippen molar-refractivity contribution in [1.82, 2.24) is 4.98 Å². The molecule has 7 heteroatoms. The number of hydrogen-bond donors (Lipinski definition) is 1. The van der Waals surface area contributed by atoms with E-state index in [1.165, 1.54) is 24.2 Å². The summed E-state index contributed by atoms with van der Waals surface area (Å²) in [6.07, 6.45) is 2.85. The summed E-state index contributed by atoms with van der Waals surface area (Å²) >= 11 is 6.90. The Morgan fingerprint density at radius 2 is 2.25 bits per heavy atom. The van der Waals surface area contributed by atoms with E-state index in [1.54, 1.807) is 37.3 Å². The van der Waals surface area contributed by atoms with Crippen LogP contribution in [0.4, 0.5) is 5.82 Å². The summed E-state index contributed by atoms with van der Waals surface area (Å²) in [6.45, 7) is 1.73. The molecule has 0 saturated heterocycles. The van der Waals surface area contributed by atoms with E-state index in [4.69, 9.17) is 11.6 Å². The van der Waals surface area contributed by atoms with Gasteiger partial charge in [-0.05, 0) is 36.9 Å². The van der Waals surface area contributed by atoms with Gasteiger partial charge in [0, 0.05) is 18.3 Å². The third-order valence-corrected chi connectivity index (χ3v) is 3.78. The molecule has 0 fully saturated rings. The molecule has 2 rings (SSSR count). The first-order valence-electron chi connectivity index (χ1n) is 5.83. The molecule has 2 aromatic heterocycles. The van der Waals surface area contributed by atoms with Gasteiger partial charge >= 0.3 is 0 Å². The average Bonchev–Trinajstić information content (AvgIpc) is 2.44. The maximum Gasteiger partial charge on any atom is 0.252 e.